The average Bonchev–Trinajstić information content (AvgIpc) is 2.85. The number of rotatable bonds is 9. The van der Waals surface area contributed by atoms with Gasteiger partial charge in [0.25, 0.3) is 0 Å². The van der Waals surface area contributed by atoms with Crippen molar-refractivity contribution in [2.24, 2.45) is 0 Å². The van der Waals surface area contributed by atoms with Crippen molar-refractivity contribution >= 4 is 29.3 Å². The largest absolute Gasteiger partial charge is 0.495 e. The van der Waals surface area contributed by atoms with Crippen LogP contribution in [-0.2, 0) is 16.0 Å². The first kappa shape index (κ1) is 26.3. The lowest BCUT2D eigenvalue weighted by Gasteiger charge is -2.37. The summed E-state index contributed by atoms with van der Waals surface area (Å²) in [5.41, 5.74) is 2.18. The molecule has 0 radical (unpaired) electrons. The van der Waals surface area contributed by atoms with Crippen LogP contribution in [0.5, 0.6) is 23.0 Å². The zero-order chi connectivity index (χ0) is 25.5. The molecule has 1 heterocycles. The third-order valence-electron chi connectivity index (χ3n) is 5.73. The topological polar surface area (TPSA) is 95.6 Å². The van der Waals surface area contributed by atoms with Crippen molar-refractivity contribution in [2.45, 2.75) is 32.7 Å². The van der Waals surface area contributed by atoms with Crippen LogP contribution in [0.2, 0.25) is 5.02 Å². The molecule has 3 rings (SSSR count). The van der Waals surface area contributed by atoms with Crippen molar-refractivity contribution in [1.82, 2.24) is 4.90 Å². The summed E-state index contributed by atoms with van der Waals surface area (Å²) in [4.78, 5) is 27.4. The monoisotopic (exact) mass is 506 g/mol. The van der Waals surface area contributed by atoms with Crippen molar-refractivity contribution in [2.75, 3.05) is 46.4 Å². The highest BCUT2D eigenvalue weighted by atomic mass is 35.5. The number of ether oxygens (including phenoxy) is 5. The van der Waals surface area contributed by atoms with Crippen molar-refractivity contribution < 1.29 is 33.3 Å². The molecular weight excluding hydrogens is 476 g/mol. The number of carbonyl (C=O) groups excluding carboxylic acids is 2. The Bertz CT molecular complexity index is 1080. The van der Waals surface area contributed by atoms with Gasteiger partial charge in [-0.25, -0.2) is 4.79 Å². The van der Waals surface area contributed by atoms with Crippen molar-refractivity contribution in [3.63, 3.8) is 0 Å². The van der Waals surface area contributed by atoms with Gasteiger partial charge in [-0.2, -0.15) is 0 Å². The Morgan fingerprint density at radius 2 is 1.63 bits per heavy atom. The maximum Gasteiger partial charge on any atom is 0.322 e. The fourth-order valence-corrected chi connectivity index (χ4v) is 4.34. The van der Waals surface area contributed by atoms with Gasteiger partial charge in [0.15, 0.2) is 11.5 Å². The molecule has 1 atom stereocenters. The summed E-state index contributed by atoms with van der Waals surface area (Å²) in [6.45, 7) is 5.11. The number of methoxy groups -OCH3 is 3. The van der Waals surface area contributed by atoms with Crippen LogP contribution in [-0.4, -0.2) is 58.0 Å². The van der Waals surface area contributed by atoms with Gasteiger partial charge in [-0.1, -0.05) is 11.6 Å². The summed E-state index contributed by atoms with van der Waals surface area (Å²) in [7, 11) is 4.31. The predicted octanol–water partition coefficient (Wildman–Crippen LogP) is 4.85. The summed E-state index contributed by atoms with van der Waals surface area (Å²) in [5.74, 6) is 1.58. The second-order valence-electron chi connectivity index (χ2n) is 7.72. The number of anilines is 1. The van der Waals surface area contributed by atoms with Crippen molar-refractivity contribution in [3.05, 3.63) is 40.4 Å². The summed E-state index contributed by atoms with van der Waals surface area (Å²) in [6, 6.07) is 5.96. The molecule has 0 spiro atoms. The van der Waals surface area contributed by atoms with E-state index in [1.165, 1.54) is 21.3 Å². The molecule has 0 bridgehead atoms. The lowest BCUT2D eigenvalue weighted by molar-refractivity contribution is -0.141. The summed E-state index contributed by atoms with van der Waals surface area (Å²) < 4.78 is 27.1. The molecule has 0 aliphatic carbocycles. The van der Waals surface area contributed by atoms with E-state index >= 15 is 0 Å². The summed E-state index contributed by atoms with van der Waals surface area (Å²) in [6.07, 6.45) is 0.560. The Morgan fingerprint density at radius 3 is 2.23 bits per heavy atom. The minimum atomic E-state index is -0.569. The van der Waals surface area contributed by atoms with Gasteiger partial charge < -0.3 is 33.9 Å². The summed E-state index contributed by atoms with van der Waals surface area (Å²) >= 11 is 6.27. The van der Waals surface area contributed by atoms with Crippen LogP contribution in [0.4, 0.5) is 10.5 Å². The molecule has 2 aromatic carbocycles. The zero-order valence-corrected chi connectivity index (χ0v) is 21.4. The van der Waals surface area contributed by atoms with Gasteiger partial charge >= 0.3 is 12.0 Å². The first-order valence-corrected chi connectivity index (χ1v) is 11.7. The smallest absolute Gasteiger partial charge is 0.322 e. The molecule has 2 amide bonds. The minimum absolute atomic E-state index is 0.0169. The molecule has 1 aliphatic heterocycles. The second-order valence-corrected chi connectivity index (χ2v) is 8.13. The van der Waals surface area contributed by atoms with E-state index in [1.807, 2.05) is 26.0 Å². The van der Waals surface area contributed by atoms with E-state index in [9.17, 15) is 9.59 Å². The lowest BCUT2D eigenvalue weighted by atomic mass is 9.90. The number of nitrogens with zero attached hydrogens (tertiary/aromatic N) is 1. The third-order valence-corrected chi connectivity index (χ3v) is 6.02. The number of fused-ring (bicyclic) bond motifs is 1. The molecule has 0 saturated carbocycles. The number of esters is 1. The quantitative estimate of drug-likeness (QED) is 0.486. The highest BCUT2D eigenvalue weighted by Crippen LogP contribution is 2.41. The van der Waals surface area contributed by atoms with E-state index in [1.54, 1.807) is 17.0 Å². The van der Waals surface area contributed by atoms with Crippen LogP contribution >= 0.6 is 11.6 Å². The molecule has 190 valence electrons. The van der Waals surface area contributed by atoms with Crippen LogP contribution in [0.1, 0.15) is 37.4 Å². The van der Waals surface area contributed by atoms with E-state index in [0.717, 1.165) is 11.1 Å². The number of halogens is 1. The van der Waals surface area contributed by atoms with Gasteiger partial charge in [0.2, 0.25) is 0 Å². The molecule has 2 aromatic rings. The normalized spacial score (nSPS) is 14.6. The lowest BCUT2D eigenvalue weighted by Crippen LogP contribution is -2.43. The number of benzene rings is 2. The molecule has 0 unspecified atom stereocenters. The number of hydrogen-bond donors (Lipinski definition) is 1. The Hall–Kier alpha value is -3.33. The molecule has 1 aliphatic rings. The van der Waals surface area contributed by atoms with Crippen LogP contribution in [0.15, 0.2) is 24.3 Å². The Labute approximate surface area is 210 Å². The van der Waals surface area contributed by atoms with Crippen LogP contribution in [0.3, 0.4) is 0 Å². The van der Waals surface area contributed by atoms with Crippen LogP contribution < -0.4 is 24.3 Å². The van der Waals surface area contributed by atoms with Crippen LogP contribution in [0.25, 0.3) is 0 Å². The Morgan fingerprint density at radius 1 is 0.971 bits per heavy atom. The molecule has 10 heteroatoms. The minimum Gasteiger partial charge on any atom is -0.495 e. The maximum absolute atomic E-state index is 13.4. The first-order valence-electron chi connectivity index (χ1n) is 11.3. The standard InChI is InChI=1S/C25H31ClN2O7/c1-6-34-22-10-15-8-9-28(19(13-24(29)33-5)16(15)11-23(22)35-7-2)25(30)27-18-12-17(26)20(31-3)14-21(18)32-4/h10-12,14,19H,6-9,13H2,1-5H3,(H,27,30)/t19-/m1/s1. The highest BCUT2D eigenvalue weighted by molar-refractivity contribution is 6.32. The molecule has 0 fully saturated rings. The Kier molecular flexibility index (Phi) is 8.92. The van der Waals surface area contributed by atoms with Gasteiger partial charge in [-0.15, -0.1) is 0 Å². The van der Waals surface area contributed by atoms with Crippen molar-refractivity contribution in [3.8, 4) is 23.0 Å². The SMILES string of the molecule is CCOc1cc2c(cc1OCC)[C@@H](CC(=O)OC)N(C(=O)Nc1cc(Cl)c(OC)cc1OC)CC2. The third kappa shape index (κ3) is 5.85. The van der Waals surface area contributed by atoms with Gasteiger partial charge in [0, 0.05) is 12.6 Å². The molecule has 0 saturated heterocycles. The molecule has 35 heavy (non-hydrogen) atoms. The number of hydrogen-bond acceptors (Lipinski definition) is 7. The van der Waals surface area contributed by atoms with Crippen molar-refractivity contribution in [1.29, 1.82) is 0 Å². The fraction of sp³-hybridized carbons (Fsp3) is 0.440. The molecule has 1 N–H and O–H groups in total. The molecule has 0 aromatic heterocycles. The van der Waals surface area contributed by atoms with Gasteiger partial charge in [0.05, 0.1) is 57.7 Å². The molecule has 9 nitrogen and oxygen atoms in total. The van der Waals surface area contributed by atoms with Crippen LogP contribution in [0, 0.1) is 0 Å². The summed E-state index contributed by atoms with van der Waals surface area (Å²) in [5, 5.41) is 3.18. The Balaban J connectivity index is 1.98. The zero-order valence-electron chi connectivity index (χ0n) is 20.6. The number of amides is 2. The van der Waals surface area contributed by atoms with Gasteiger partial charge in [-0.3, -0.25) is 4.79 Å². The van der Waals surface area contributed by atoms with E-state index in [2.05, 4.69) is 5.32 Å². The number of nitrogens with one attached hydrogen (secondary N) is 1. The fourth-order valence-electron chi connectivity index (χ4n) is 4.09. The van der Waals surface area contributed by atoms with E-state index in [-0.39, 0.29) is 6.42 Å². The average molecular weight is 507 g/mol. The van der Waals surface area contributed by atoms with Gasteiger partial charge in [0.1, 0.15) is 11.5 Å². The number of urea groups is 1. The second kappa shape index (κ2) is 11.9. The first-order chi connectivity index (χ1) is 16.9. The van der Waals surface area contributed by atoms with E-state index in [4.69, 9.17) is 35.3 Å². The molecular formula is C25H31ClN2O7. The van der Waals surface area contributed by atoms with E-state index < -0.39 is 18.0 Å². The maximum atomic E-state index is 13.4. The van der Waals surface area contributed by atoms with Gasteiger partial charge in [-0.05, 0) is 49.6 Å². The highest BCUT2D eigenvalue weighted by Gasteiger charge is 2.34. The number of carbonyl (C=O) groups is 2. The predicted molar refractivity (Wildman–Crippen MR) is 132 cm³/mol. The van der Waals surface area contributed by atoms with E-state index in [0.29, 0.717) is 59.9 Å².